The lowest BCUT2D eigenvalue weighted by molar-refractivity contribution is 0.0965. The number of benzene rings is 1. The van der Waals surface area contributed by atoms with E-state index in [0.717, 1.165) is 42.5 Å². The van der Waals surface area contributed by atoms with E-state index in [9.17, 15) is 9.59 Å². The predicted octanol–water partition coefficient (Wildman–Crippen LogP) is 2.03. The Morgan fingerprint density at radius 1 is 1.17 bits per heavy atom. The fourth-order valence-corrected chi connectivity index (χ4v) is 4.26. The van der Waals surface area contributed by atoms with Gasteiger partial charge in [-0.1, -0.05) is 6.07 Å². The highest BCUT2D eigenvalue weighted by atomic mass is 16.4. The summed E-state index contributed by atoms with van der Waals surface area (Å²) in [5, 5.41) is 22.1. The lowest BCUT2D eigenvalue weighted by Crippen LogP contribution is -2.39. The number of nitrogens with zero attached hydrogens (tertiary/aromatic N) is 4. The summed E-state index contributed by atoms with van der Waals surface area (Å²) in [5.41, 5.74) is 4.00. The van der Waals surface area contributed by atoms with Gasteiger partial charge in [0.1, 0.15) is 6.33 Å². The van der Waals surface area contributed by atoms with Gasteiger partial charge < -0.3 is 21.1 Å². The highest BCUT2D eigenvalue weighted by Gasteiger charge is 2.24. The van der Waals surface area contributed by atoms with Gasteiger partial charge in [-0.2, -0.15) is 5.10 Å². The molecule has 10 nitrogen and oxygen atoms in total. The smallest absolute Gasteiger partial charge is 0.404 e. The second-order valence-electron chi connectivity index (χ2n) is 7.68. The van der Waals surface area contributed by atoms with Crippen LogP contribution >= 0.6 is 0 Å². The standard InChI is InChI=1S/C20H21N7O3/c28-19-15-6-1-11(7-12(15)8-22-19)16-9-21-17(18-23-10-24-27(16)18)25-13-2-4-14(5-3-13)26-20(29)30/h1,6-7,9-10,13-14,26H,2-5,8H2,(H,21,25)(H,22,28)(H,29,30). The van der Waals surface area contributed by atoms with Gasteiger partial charge in [-0.3, -0.25) is 4.79 Å². The Bertz CT molecular complexity index is 1130. The van der Waals surface area contributed by atoms with Crippen LogP contribution in [0.2, 0.25) is 0 Å². The number of hydrogen-bond donors (Lipinski definition) is 4. The van der Waals surface area contributed by atoms with Crippen LogP contribution < -0.4 is 16.0 Å². The van der Waals surface area contributed by atoms with Gasteiger partial charge in [0, 0.05) is 29.8 Å². The average Bonchev–Trinajstić information content (AvgIpc) is 3.37. The number of carbonyl (C=O) groups is 2. The Hall–Kier alpha value is -3.69. The molecule has 3 aromatic rings. The molecular formula is C20H21N7O3. The zero-order valence-electron chi connectivity index (χ0n) is 16.1. The molecule has 0 bridgehead atoms. The molecule has 1 saturated carbocycles. The maximum absolute atomic E-state index is 11.8. The molecule has 1 fully saturated rings. The lowest BCUT2D eigenvalue weighted by Gasteiger charge is -2.29. The van der Waals surface area contributed by atoms with E-state index in [2.05, 4.69) is 31.0 Å². The van der Waals surface area contributed by atoms with Crippen LogP contribution in [0.1, 0.15) is 41.6 Å². The predicted molar refractivity (Wildman–Crippen MR) is 108 cm³/mol. The third-order valence-corrected chi connectivity index (χ3v) is 5.78. The molecule has 0 spiro atoms. The maximum Gasteiger partial charge on any atom is 0.404 e. The zero-order chi connectivity index (χ0) is 20.7. The van der Waals surface area contributed by atoms with Crippen molar-refractivity contribution in [3.05, 3.63) is 41.9 Å². The summed E-state index contributed by atoms with van der Waals surface area (Å²) in [6, 6.07) is 5.91. The number of amides is 2. The van der Waals surface area contributed by atoms with Gasteiger partial charge in [0.2, 0.25) is 0 Å². The van der Waals surface area contributed by atoms with E-state index < -0.39 is 6.09 Å². The van der Waals surface area contributed by atoms with E-state index in [4.69, 9.17) is 5.11 Å². The summed E-state index contributed by atoms with van der Waals surface area (Å²) < 4.78 is 1.75. The van der Waals surface area contributed by atoms with Crippen molar-refractivity contribution >= 4 is 23.5 Å². The molecule has 0 radical (unpaired) electrons. The molecule has 2 aromatic heterocycles. The molecule has 5 rings (SSSR count). The Morgan fingerprint density at radius 2 is 1.97 bits per heavy atom. The normalized spacial score (nSPS) is 20.6. The third-order valence-electron chi connectivity index (χ3n) is 5.78. The molecule has 154 valence electrons. The number of nitrogens with one attached hydrogen (secondary N) is 3. The molecule has 1 aliphatic carbocycles. The van der Waals surface area contributed by atoms with E-state index in [-0.39, 0.29) is 18.0 Å². The molecule has 10 heteroatoms. The van der Waals surface area contributed by atoms with Crippen molar-refractivity contribution in [2.75, 3.05) is 5.32 Å². The summed E-state index contributed by atoms with van der Waals surface area (Å²) in [6.45, 7) is 0.523. The second kappa shape index (κ2) is 7.29. The van der Waals surface area contributed by atoms with E-state index in [0.29, 0.717) is 23.6 Å². The van der Waals surface area contributed by atoms with E-state index >= 15 is 0 Å². The quantitative estimate of drug-likeness (QED) is 0.520. The Morgan fingerprint density at radius 3 is 2.77 bits per heavy atom. The Balaban J connectivity index is 1.38. The number of aromatic nitrogens is 4. The van der Waals surface area contributed by atoms with Gasteiger partial charge in [0.25, 0.3) is 5.91 Å². The first-order valence-corrected chi connectivity index (χ1v) is 9.95. The van der Waals surface area contributed by atoms with Gasteiger partial charge in [-0.15, -0.1) is 0 Å². The van der Waals surface area contributed by atoms with Gasteiger partial charge in [-0.05, 0) is 43.4 Å². The van der Waals surface area contributed by atoms with Crippen LogP contribution in [-0.2, 0) is 6.54 Å². The molecular weight excluding hydrogens is 386 g/mol. The highest BCUT2D eigenvalue weighted by molar-refractivity contribution is 5.98. The number of fused-ring (bicyclic) bond motifs is 2. The number of carbonyl (C=O) groups excluding carboxylic acids is 1. The minimum atomic E-state index is -0.972. The number of carboxylic acid groups (broad SMARTS) is 1. The van der Waals surface area contributed by atoms with E-state index in [1.54, 1.807) is 10.7 Å². The van der Waals surface area contributed by atoms with Crippen molar-refractivity contribution < 1.29 is 14.7 Å². The van der Waals surface area contributed by atoms with Crippen molar-refractivity contribution in [3.8, 4) is 11.3 Å². The minimum Gasteiger partial charge on any atom is -0.465 e. The van der Waals surface area contributed by atoms with Gasteiger partial charge in [0.15, 0.2) is 11.5 Å². The van der Waals surface area contributed by atoms with Gasteiger partial charge in [0.05, 0.1) is 11.9 Å². The largest absolute Gasteiger partial charge is 0.465 e. The van der Waals surface area contributed by atoms with E-state index in [1.165, 1.54) is 6.33 Å². The fraction of sp³-hybridized carbons (Fsp3) is 0.350. The van der Waals surface area contributed by atoms with Crippen molar-refractivity contribution in [1.29, 1.82) is 0 Å². The number of hydrogen-bond acceptors (Lipinski definition) is 6. The van der Waals surface area contributed by atoms with Crippen LogP contribution in [0, 0.1) is 0 Å². The van der Waals surface area contributed by atoms with Gasteiger partial charge >= 0.3 is 6.09 Å². The molecule has 30 heavy (non-hydrogen) atoms. The zero-order valence-corrected chi connectivity index (χ0v) is 16.1. The first kappa shape index (κ1) is 18.3. The highest BCUT2D eigenvalue weighted by Crippen LogP contribution is 2.28. The van der Waals surface area contributed by atoms with Crippen molar-refractivity contribution in [2.45, 2.75) is 44.3 Å². The monoisotopic (exact) mass is 407 g/mol. The summed E-state index contributed by atoms with van der Waals surface area (Å²) in [5.74, 6) is 0.609. The minimum absolute atomic E-state index is 0.00479. The van der Waals surface area contributed by atoms with Crippen LogP contribution in [0.15, 0.2) is 30.7 Å². The number of rotatable bonds is 4. The van der Waals surface area contributed by atoms with Crippen LogP contribution in [0.3, 0.4) is 0 Å². The van der Waals surface area contributed by atoms with Crippen LogP contribution in [-0.4, -0.2) is 48.8 Å². The third kappa shape index (κ3) is 3.30. The molecule has 2 amide bonds. The molecule has 1 aliphatic heterocycles. The lowest BCUT2D eigenvalue weighted by atomic mass is 9.91. The Labute approximate surface area is 171 Å². The molecule has 0 saturated heterocycles. The average molecular weight is 407 g/mol. The fourth-order valence-electron chi connectivity index (χ4n) is 4.26. The molecule has 1 aromatic carbocycles. The maximum atomic E-state index is 11.8. The molecule has 2 aliphatic rings. The first-order chi connectivity index (χ1) is 14.6. The van der Waals surface area contributed by atoms with Crippen molar-refractivity contribution in [2.24, 2.45) is 0 Å². The molecule has 3 heterocycles. The molecule has 4 N–H and O–H groups in total. The summed E-state index contributed by atoms with van der Waals surface area (Å²) in [7, 11) is 0. The Kier molecular flexibility index (Phi) is 4.46. The topological polar surface area (TPSA) is 134 Å². The molecule has 0 unspecified atom stereocenters. The second-order valence-corrected chi connectivity index (χ2v) is 7.68. The van der Waals surface area contributed by atoms with Crippen molar-refractivity contribution in [1.82, 2.24) is 30.2 Å². The first-order valence-electron chi connectivity index (χ1n) is 9.95. The van der Waals surface area contributed by atoms with Crippen LogP contribution in [0.4, 0.5) is 10.6 Å². The van der Waals surface area contributed by atoms with E-state index in [1.807, 2.05) is 18.2 Å². The van der Waals surface area contributed by atoms with Crippen LogP contribution in [0.25, 0.3) is 16.9 Å². The van der Waals surface area contributed by atoms with Crippen LogP contribution in [0.5, 0.6) is 0 Å². The van der Waals surface area contributed by atoms with Gasteiger partial charge in [-0.25, -0.2) is 19.3 Å². The summed E-state index contributed by atoms with van der Waals surface area (Å²) in [6.07, 6.45) is 5.55. The molecule has 0 atom stereocenters. The SMILES string of the molecule is O=C(O)NC1CCC(Nc2ncc(-c3ccc4c(c3)CNC4=O)n3ncnc23)CC1. The summed E-state index contributed by atoms with van der Waals surface area (Å²) >= 11 is 0. The van der Waals surface area contributed by atoms with Crippen molar-refractivity contribution in [3.63, 3.8) is 0 Å². The summed E-state index contributed by atoms with van der Waals surface area (Å²) in [4.78, 5) is 31.6. The number of anilines is 1.